The summed E-state index contributed by atoms with van der Waals surface area (Å²) in [6.45, 7) is 0.289. The molecule has 1 atom stereocenters. The topological polar surface area (TPSA) is 136 Å². The molecule has 1 N–H and O–H groups in total. The second-order valence-corrected chi connectivity index (χ2v) is 9.47. The van der Waals surface area contributed by atoms with Gasteiger partial charge in [-0.2, -0.15) is 0 Å². The molecule has 0 spiro atoms. The first-order valence-corrected chi connectivity index (χ1v) is 11.4. The quantitative estimate of drug-likeness (QED) is 0.571. The number of aromatic nitrogens is 2. The smallest absolute Gasteiger partial charge is 0.322 e. The Bertz CT molecular complexity index is 1220. The maximum atomic E-state index is 12.4. The van der Waals surface area contributed by atoms with E-state index in [9.17, 15) is 18.0 Å². The summed E-state index contributed by atoms with van der Waals surface area (Å²) in [6, 6.07) is 9.03. The number of benzene rings is 1. The molecule has 1 fully saturated rings. The molecule has 156 valence electrons. The minimum absolute atomic E-state index is 0.0707. The van der Waals surface area contributed by atoms with Crippen LogP contribution in [-0.2, 0) is 14.6 Å². The van der Waals surface area contributed by atoms with Gasteiger partial charge in [0.25, 0.3) is 5.91 Å². The van der Waals surface area contributed by atoms with Crippen LogP contribution in [-0.4, -0.2) is 43.2 Å². The van der Waals surface area contributed by atoms with E-state index in [1.54, 1.807) is 18.2 Å². The second kappa shape index (κ2) is 7.69. The van der Waals surface area contributed by atoms with E-state index in [-0.39, 0.29) is 47.4 Å². The Labute approximate surface area is 179 Å². The van der Waals surface area contributed by atoms with E-state index in [1.165, 1.54) is 23.1 Å². The van der Waals surface area contributed by atoms with Crippen LogP contribution in [0.1, 0.15) is 28.8 Å². The Morgan fingerprint density at radius 1 is 1.17 bits per heavy atom. The van der Waals surface area contributed by atoms with Crippen LogP contribution in [0.2, 0.25) is 0 Å². The molecule has 10 nitrogen and oxygen atoms in total. The molecule has 1 saturated heterocycles. The van der Waals surface area contributed by atoms with E-state index in [1.807, 2.05) is 0 Å². The largest absolute Gasteiger partial charge is 0.444 e. The van der Waals surface area contributed by atoms with Crippen molar-refractivity contribution in [3.8, 4) is 0 Å². The summed E-state index contributed by atoms with van der Waals surface area (Å²) in [5.74, 6) is -0.777. The first kappa shape index (κ1) is 20.3. The monoisotopic (exact) mass is 494 g/mol. The van der Waals surface area contributed by atoms with Crippen molar-refractivity contribution in [2.75, 3.05) is 23.0 Å². The molecule has 0 unspecified atom stereocenters. The number of furan rings is 1. The molecule has 1 aliphatic heterocycles. The molecular formula is C18H15BrN4O6S. The van der Waals surface area contributed by atoms with E-state index in [0.717, 1.165) is 6.26 Å². The third-order valence-corrected chi connectivity index (χ3v) is 6.06. The van der Waals surface area contributed by atoms with Gasteiger partial charge in [-0.15, -0.1) is 5.10 Å². The number of hydrogen-bond donors (Lipinski definition) is 1. The van der Waals surface area contributed by atoms with Gasteiger partial charge in [-0.1, -0.05) is 5.10 Å². The van der Waals surface area contributed by atoms with Gasteiger partial charge in [-0.25, -0.2) is 8.42 Å². The highest BCUT2D eigenvalue weighted by molar-refractivity contribution is 9.10. The molecule has 2 aromatic heterocycles. The molecule has 3 heterocycles. The highest BCUT2D eigenvalue weighted by Crippen LogP contribution is 2.32. The van der Waals surface area contributed by atoms with Crippen molar-refractivity contribution in [3.05, 3.63) is 52.7 Å². The minimum atomic E-state index is -3.32. The van der Waals surface area contributed by atoms with Crippen LogP contribution in [0.25, 0.3) is 0 Å². The molecule has 12 heteroatoms. The first-order chi connectivity index (χ1) is 14.2. The third-order valence-electron chi connectivity index (χ3n) is 4.51. The van der Waals surface area contributed by atoms with Crippen molar-refractivity contribution in [1.29, 1.82) is 0 Å². The standard InChI is InChI=1S/C18H15BrN4O6S/c1-30(26,27)12-4-2-11(3-5-12)23-9-10(8-15(23)24)17-21-22-18(29-17)20-16(25)13-6-7-14(19)28-13/h2-7,10H,8-9H2,1H3,(H,20,22,25)/t10-/m1/s1. The van der Waals surface area contributed by atoms with E-state index in [0.29, 0.717) is 10.4 Å². The highest BCUT2D eigenvalue weighted by atomic mass is 79.9. The Balaban J connectivity index is 1.45. The molecule has 3 aromatic rings. The summed E-state index contributed by atoms with van der Waals surface area (Å²) in [5, 5.41) is 10.2. The maximum absolute atomic E-state index is 12.4. The Morgan fingerprint density at radius 3 is 2.53 bits per heavy atom. The van der Waals surface area contributed by atoms with E-state index in [4.69, 9.17) is 8.83 Å². The number of nitrogens with one attached hydrogen (secondary N) is 1. The van der Waals surface area contributed by atoms with Crippen molar-refractivity contribution < 1.29 is 26.8 Å². The van der Waals surface area contributed by atoms with Gasteiger partial charge >= 0.3 is 6.01 Å². The van der Waals surface area contributed by atoms with Crippen molar-refractivity contribution in [2.24, 2.45) is 0 Å². The number of sulfone groups is 1. The fourth-order valence-corrected chi connectivity index (χ4v) is 3.98. The summed E-state index contributed by atoms with van der Waals surface area (Å²) < 4.78 is 34.2. The van der Waals surface area contributed by atoms with Crippen molar-refractivity contribution in [2.45, 2.75) is 17.2 Å². The second-order valence-electron chi connectivity index (χ2n) is 6.67. The molecule has 2 amide bonds. The van der Waals surface area contributed by atoms with Crippen LogP contribution in [0, 0.1) is 0 Å². The van der Waals surface area contributed by atoms with Crippen LogP contribution in [0.4, 0.5) is 11.7 Å². The van der Waals surface area contributed by atoms with Gasteiger partial charge in [-0.05, 0) is 52.3 Å². The average Bonchev–Trinajstić information content (AvgIpc) is 3.41. The van der Waals surface area contributed by atoms with Crippen molar-refractivity contribution >= 4 is 49.3 Å². The summed E-state index contributed by atoms with van der Waals surface area (Å²) >= 11 is 3.11. The molecule has 0 bridgehead atoms. The molecule has 1 aliphatic rings. The van der Waals surface area contributed by atoms with E-state index >= 15 is 0 Å². The molecule has 0 aliphatic carbocycles. The number of rotatable bonds is 5. The Kier molecular flexibility index (Phi) is 5.20. The van der Waals surface area contributed by atoms with Crippen LogP contribution in [0.5, 0.6) is 0 Å². The van der Waals surface area contributed by atoms with Gasteiger partial charge in [0.1, 0.15) is 0 Å². The number of carbonyl (C=O) groups excluding carboxylic acids is 2. The summed E-state index contributed by atoms with van der Waals surface area (Å²) in [5.41, 5.74) is 0.575. The van der Waals surface area contributed by atoms with Gasteiger partial charge < -0.3 is 13.7 Å². The molecule has 0 saturated carbocycles. The lowest BCUT2D eigenvalue weighted by Gasteiger charge is -2.16. The van der Waals surface area contributed by atoms with Crippen LogP contribution in [0.3, 0.4) is 0 Å². The fraction of sp³-hybridized carbons (Fsp3) is 0.222. The van der Waals surface area contributed by atoms with Crippen LogP contribution in [0.15, 0.2) is 54.8 Å². The minimum Gasteiger partial charge on any atom is -0.444 e. The summed E-state index contributed by atoms with van der Waals surface area (Å²) in [7, 11) is -3.32. The predicted octanol–water partition coefficient (Wildman–Crippen LogP) is 2.60. The number of hydrogen-bond acceptors (Lipinski definition) is 8. The SMILES string of the molecule is CS(=O)(=O)c1ccc(N2C[C@H](c3nnc(NC(=O)c4ccc(Br)o4)o3)CC2=O)cc1. The van der Waals surface area contributed by atoms with Crippen molar-refractivity contribution in [1.82, 2.24) is 10.2 Å². The molecular weight excluding hydrogens is 480 g/mol. The van der Waals surface area contributed by atoms with E-state index < -0.39 is 15.7 Å². The molecule has 4 rings (SSSR count). The lowest BCUT2D eigenvalue weighted by atomic mass is 10.1. The Hall–Kier alpha value is -2.99. The van der Waals surface area contributed by atoms with Gasteiger partial charge in [0.05, 0.1) is 10.8 Å². The van der Waals surface area contributed by atoms with Gasteiger partial charge in [-0.3, -0.25) is 14.9 Å². The normalized spacial score (nSPS) is 16.8. The molecule has 30 heavy (non-hydrogen) atoms. The van der Waals surface area contributed by atoms with Crippen molar-refractivity contribution in [3.63, 3.8) is 0 Å². The zero-order valence-corrected chi connectivity index (χ0v) is 17.9. The Morgan fingerprint density at radius 2 is 1.90 bits per heavy atom. The summed E-state index contributed by atoms with van der Waals surface area (Å²) in [4.78, 5) is 26.2. The fourth-order valence-electron chi connectivity index (χ4n) is 3.04. The number of carbonyl (C=O) groups is 2. The van der Waals surface area contributed by atoms with Gasteiger partial charge in [0.2, 0.25) is 11.8 Å². The lowest BCUT2D eigenvalue weighted by Crippen LogP contribution is -2.24. The lowest BCUT2D eigenvalue weighted by molar-refractivity contribution is -0.117. The molecule has 1 aromatic carbocycles. The van der Waals surface area contributed by atoms with E-state index in [2.05, 4.69) is 31.4 Å². The zero-order chi connectivity index (χ0) is 21.5. The average molecular weight is 495 g/mol. The first-order valence-electron chi connectivity index (χ1n) is 8.71. The molecule has 0 radical (unpaired) electrons. The highest BCUT2D eigenvalue weighted by Gasteiger charge is 2.35. The van der Waals surface area contributed by atoms with Gasteiger partial charge in [0.15, 0.2) is 20.3 Å². The van der Waals surface area contributed by atoms with Crippen LogP contribution < -0.4 is 10.2 Å². The third kappa shape index (κ3) is 4.14. The maximum Gasteiger partial charge on any atom is 0.322 e. The zero-order valence-electron chi connectivity index (χ0n) is 15.5. The van der Waals surface area contributed by atoms with Crippen LogP contribution >= 0.6 is 15.9 Å². The number of anilines is 2. The summed E-state index contributed by atoms with van der Waals surface area (Å²) in [6.07, 6.45) is 1.27. The number of halogens is 1. The number of nitrogens with zero attached hydrogens (tertiary/aromatic N) is 3. The number of amides is 2. The predicted molar refractivity (Wildman–Crippen MR) is 108 cm³/mol. The van der Waals surface area contributed by atoms with Gasteiger partial charge in [0, 0.05) is 24.9 Å².